The van der Waals surface area contributed by atoms with Gasteiger partial charge in [0.15, 0.2) is 0 Å². The van der Waals surface area contributed by atoms with Crippen LogP contribution in [0.2, 0.25) is 0 Å². The molecule has 0 saturated heterocycles. The molecule has 1 heterocycles. The topological polar surface area (TPSA) is 42.7 Å². The molecule has 4 nitrogen and oxygen atoms in total. The highest BCUT2D eigenvalue weighted by atomic mass is 15.3. The fourth-order valence-corrected chi connectivity index (χ4v) is 1.53. The Morgan fingerprint density at radius 3 is 2.81 bits per heavy atom. The molecule has 0 amide bonds. The molecule has 84 valence electrons. The summed E-state index contributed by atoms with van der Waals surface area (Å²) in [4.78, 5) is 3.97. The van der Waals surface area contributed by atoms with Gasteiger partial charge in [0.1, 0.15) is 12.7 Å². The summed E-state index contributed by atoms with van der Waals surface area (Å²) in [7, 11) is 0. The van der Waals surface area contributed by atoms with Crippen molar-refractivity contribution >= 4 is 0 Å². The molecule has 0 fully saturated rings. The number of nitrogens with one attached hydrogen (secondary N) is 1. The lowest BCUT2D eigenvalue weighted by Crippen LogP contribution is -2.22. The van der Waals surface area contributed by atoms with Gasteiger partial charge in [-0.05, 0) is 11.6 Å². The van der Waals surface area contributed by atoms with Crippen molar-refractivity contribution in [3.05, 3.63) is 42.5 Å². The van der Waals surface area contributed by atoms with Crippen LogP contribution in [0.25, 0.3) is 5.69 Å². The van der Waals surface area contributed by atoms with E-state index in [2.05, 4.69) is 35.3 Å². The van der Waals surface area contributed by atoms with E-state index >= 15 is 0 Å². The van der Waals surface area contributed by atoms with Crippen molar-refractivity contribution in [2.75, 3.05) is 0 Å². The third-order valence-electron chi connectivity index (χ3n) is 2.36. The van der Waals surface area contributed by atoms with E-state index < -0.39 is 0 Å². The van der Waals surface area contributed by atoms with Crippen LogP contribution in [0, 0.1) is 0 Å². The van der Waals surface area contributed by atoms with Crippen molar-refractivity contribution in [2.45, 2.75) is 26.4 Å². The van der Waals surface area contributed by atoms with Gasteiger partial charge in [0.2, 0.25) is 0 Å². The molecule has 2 aromatic rings. The molecule has 2 rings (SSSR count). The first-order chi connectivity index (χ1) is 7.77. The molecule has 4 heteroatoms. The van der Waals surface area contributed by atoms with E-state index in [0.29, 0.717) is 6.04 Å². The van der Waals surface area contributed by atoms with Gasteiger partial charge in [0.05, 0.1) is 5.69 Å². The highest BCUT2D eigenvalue weighted by Gasteiger charge is 2.04. The first-order valence-electron chi connectivity index (χ1n) is 5.43. The van der Waals surface area contributed by atoms with Gasteiger partial charge in [-0.15, -0.1) is 0 Å². The number of hydrogen-bond acceptors (Lipinski definition) is 3. The summed E-state index contributed by atoms with van der Waals surface area (Å²) in [6.07, 6.45) is 3.26. The van der Waals surface area contributed by atoms with Crippen molar-refractivity contribution in [1.29, 1.82) is 0 Å². The van der Waals surface area contributed by atoms with E-state index in [1.165, 1.54) is 5.56 Å². The fraction of sp³-hybridized carbons (Fsp3) is 0.333. The molecule has 0 bridgehead atoms. The molecule has 0 unspecified atom stereocenters. The molecular weight excluding hydrogens is 200 g/mol. The Hall–Kier alpha value is -1.68. The van der Waals surface area contributed by atoms with E-state index in [0.717, 1.165) is 12.2 Å². The van der Waals surface area contributed by atoms with E-state index in [-0.39, 0.29) is 0 Å². The van der Waals surface area contributed by atoms with Gasteiger partial charge in [0, 0.05) is 12.6 Å². The third kappa shape index (κ3) is 2.46. The molecule has 1 N–H and O–H groups in total. The van der Waals surface area contributed by atoms with E-state index in [9.17, 15) is 0 Å². The van der Waals surface area contributed by atoms with Crippen molar-refractivity contribution in [3.8, 4) is 5.69 Å². The molecule has 0 radical (unpaired) electrons. The minimum Gasteiger partial charge on any atom is -0.310 e. The van der Waals surface area contributed by atoms with Crippen LogP contribution in [0.1, 0.15) is 19.4 Å². The summed E-state index contributed by atoms with van der Waals surface area (Å²) in [5.74, 6) is 0. The van der Waals surface area contributed by atoms with Crippen LogP contribution in [-0.4, -0.2) is 20.8 Å². The predicted octanol–water partition coefficient (Wildman–Crippen LogP) is 1.77. The summed E-state index contributed by atoms with van der Waals surface area (Å²) in [6.45, 7) is 5.11. The Kier molecular flexibility index (Phi) is 3.31. The zero-order chi connectivity index (χ0) is 11.4. The number of para-hydroxylation sites is 1. The molecule has 0 aliphatic rings. The lowest BCUT2D eigenvalue weighted by molar-refractivity contribution is 0.586. The second-order valence-electron chi connectivity index (χ2n) is 4.00. The Bertz CT molecular complexity index is 434. The molecule has 0 atom stereocenters. The fourth-order valence-electron chi connectivity index (χ4n) is 1.53. The Morgan fingerprint density at radius 2 is 2.12 bits per heavy atom. The number of hydrogen-bond donors (Lipinski definition) is 1. The smallest absolute Gasteiger partial charge is 0.138 e. The van der Waals surface area contributed by atoms with Crippen LogP contribution in [-0.2, 0) is 6.54 Å². The van der Waals surface area contributed by atoms with E-state index in [1.54, 1.807) is 17.3 Å². The predicted molar refractivity (Wildman–Crippen MR) is 63.3 cm³/mol. The van der Waals surface area contributed by atoms with Crippen LogP contribution in [0.5, 0.6) is 0 Å². The maximum Gasteiger partial charge on any atom is 0.138 e. The van der Waals surface area contributed by atoms with Gasteiger partial charge in [0.25, 0.3) is 0 Å². The Morgan fingerprint density at radius 1 is 1.31 bits per heavy atom. The lowest BCUT2D eigenvalue weighted by atomic mass is 10.1. The summed E-state index contributed by atoms with van der Waals surface area (Å²) in [5.41, 5.74) is 2.30. The van der Waals surface area contributed by atoms with Gasteiger partial charge in [-0.3, -0.25) is 0 Å². The van der Waals surface area contributed by atoms with E-state index in [1.807, 2.05) is 18.2 Å². The molecule has 1 aromatic carbocycles. The van der Waals surface area contributed by atoms with Crippen molar-refractivity contribution in [1.82, 2.24) is 20.1 Å². The van der Waals surface area contributed by atoms with Crippen LogP contribution in [0.4, 0.5) is 0 Å². The number of nitrogens with zero attached hydrogens (tertiary/aromatic N) is 3. The van der Waals surface area contributed by atoms with Gasteiger partial charge >= 0.3 is 0 Å². The van der Waals surface area contributed by atoms with E-state index in [4.69, 9.17) is 0 Å². The van der Waals surface area contributed by atoms with Crippen LogP contribution in [0.15, 0.2) is 36.9 Å². The highest BCUT2D eigenvalue weighted by molar-refractivity contribution is 5.39. The molecule has 0 spiro atoms. The number of aromatic nitrogens is 3. The van der Waals surface area contributed by atoms with Crippen LogP contribution >= 0.6 is 0 Å². The molecule has 0 aliphatic carbocycles. The average Bonchev–Trinajstić information content (AvgIpc) is 2.80. The van der Waals surface area contributed by atoms with Gasteiger partial charge < -0.3 is 5.32 Å². The number of benzene rings is 1. The summed E-state index contributed by atoms with van der Waals surface area (Å²) in [5, 5.41) is 7.55. The number of rotatable bonds is 4. The maximum absolute atomic E-state index is 4.15. The minimum atomic E-state index is 0.476. The largest absolute Gasteiger partial charge is 0.310 e. The summed E-state index contributed by atoms with van der Waals surface area (Å²) in [6, 6.07) is 8.68. The van der Waals surface area contributed by atoms with Crippen molar-refractivity contribution in [3.63, 3.8) is 0 Å². The molecule has 0 aliphatic heterocycles. The Labute approximate surface area is 95.3 Å². The zero-order valence-electron chi connectivity index (χ0n) is 9.59. The monoisotopic (exact) mass is 216 g/mol. The van der Waals surface area contributed by atoms with Crippen molar-refractivity contribution in [2.24, 2.45) is 0 Å². The molecular formula is C12H16N4. The maximum atomic E-state index is 4.15. The second kappa shape index (κ2) is 4.90. The first-order valence-corrected chi connectivity index (χ1v) is 5.43. The highest BCUT2D eigenvalue weighted by Crippen LogP contribution is 2.12. The molecule has 1 aromatic heterocycles. The van der Waals surface area contributed by atoms with Gasteiger partial charge in [-0.2, -0.15) is 5.10 Å². The quantitative estimate of drug-likeness (QED) is 0.847. The van der Waals surface area contributed by atoms with Crippen LogP contribution < -0.4 is 5.32 Å². The Balaban J connectivity index is 2.24. The second-order valence-corrected chi connectivity index (χ2v) is 4.00. The van der Waals surface area contributed by atoms with Crippen molar-refractivity contribution < 1.29 is 0 Å². The first kappa shape index (κ1) is 10.8. The van der Waals surface area contributed by atoms with Gasteiger partial charge in [-0.1, -0.05) is 32.0 Å². The zero-order valence-corrected chi connectivity index (χ0v) is 9.59. The third-order valence-corrected chi connectivity index (χ3v) is 2.36. The standard InChI is InChI=1S/C12H16N4/c1-10(2)14-7-11-5-3-4-6-12(11)16-9-13-8-15-16/h3-6,8-10,14H,7H2,1-2H3. The van der Waals surface area contributed by atoms with Gasteiger partial charge in [-0.25, -0.2) is 9.67 Å². The molecule has 16 heavy (non-hydrogen) atoms. The minimum absolute atomic E-state index is 0.476. The van der Waals surface area contributed by atoms with Crippen LogP contribution in [0.3, 0.4) is 0 Å². The lowest BCUT2D eigenvalue weighted by Gasteiger charge is -2.11. The average molecular weight is 216 g/mol. The molecule has 0 saturated carbocycles. The normalized spacial score (nSPS) is 10.9. The SMILES string of the molecule is CC(C)NCc1ccccc1-n1cncn1. The summed E-state index contributed by atoms with van der Waals surface area (Å²) < 4.78 is 1.79. The summed E-state index contributed by atoms with van der Waals surface area (Å²) >= 11 is 0.